The van der Waals surface area contributed by atoms with Gasteiger partial charge in [0.15, 0.2) is 6.17 Å². The minimum atomic E-state index is -1.45. The summed E-state index contributed by atoms with van der Waals surface area (Å²) in [5.41, 5.74) is 4.95. The molecule has 1 heterocycles. The maximum Gasteiger partial charge on any atom is 0.342 e. The number of H-pyrrole nitrogens is 1. The molecule has 1 unspecified atom stereocenters. The zero-order chi connectivity index (χ0) is 9.14. The van der Waals surface area contributed by atoms with Crippen LogP contribution < -0.4 is 5.73 Å². The van der Waals surface area contributed by atoms with Gasteiger partial charge in [0.05, 0.1) is 6.07 Å². The Kier molecular flexibility index (Phi) is 2.34. The molecule has 0 fully saturated rings. The van der Waals surface area contributed by atoms with Crippen molar-refractivity contribution in [1.29, 1.82) is 0 Å². The van der Waals surface area contributed by atoms with E-state index < -0.39 is 11.1 Å². The first-order valence-electron chi connectivity index (χ1n) is 3.19. The van der Waals surface area contributed by atoms with Crippen molar-refractivity contribution in [3.05, 3.63) is 21.9 Å². The molecule has 0 saturated carbocycles. The van der Waals surface area contributed by atoms with Crippen LogP contribution in [0.1, 0.15) is 11.9 Å². The number of alkyl halides is 1. The molecule has 0 radical (unpaired) electrons. The molecule has 3 N–H and O–H groups in total. The number of nitrogens with two attached hydrogens (primary N) is 1. The smallest absolute Gasteiger partial charge is 0.342 e. The number of hydrogen-bond donors (Lipinski definition) is 2. The molecular formula is C5H7FN4O2. The first kappa shape index (κ1) is 8.60. The molecule has 66 valence electrons. The topological polar surface area (TPSA) is 97.8 Å². The van der Waals surface area contributed by atoms with Crippen LogP contribution in [-0.4, -0.2) is 21.7 Å². The lowest BCUT2D eigenvalue weighted by atomic mass is 10.3. The Morgan fingerprint density at radius 3 is 3.00 bits per heavy atom. The van der Waals surface area contributed by atoms with E-state index in [1.165, 1.54) is 0 Å². The SMILES string of the molecule is NCC(F)c1cc([N+](=O)[O-])[nH]n1. The summed E-state index contributed by atoms with van der Waals surface area (Å²) >= 11 is 0. The van der Waals surface area contributed by atoms with E-state index in [9.17, 15) is 14.5 Å². The molecule has 0 aromatic carbocycles. The molecular weight excluding hydrogens is 167 g/mol. The molecule has 0 bridgehead atoms. The third-order valence-corrected chi connectivity index (χ3v) is 1.31. The highest BCUT2D eigenvalue weighted by Crippen LogP contribution is 2.17. The third kappa shape index (κ3) is 1.56. The van der Waals surface area contributed by atoms with Crippen molar-refractivity contribution in [2.45, 2.75) is 6.17 Å². The number of halogens is 1. The summed E-state index contributed by atoms with van der Waals surface area (Å²) in [6.07, 6.45) is -1.45. The Morgan fingerprint density at radius 1 is 1.92 bits per heavy atom. The second-order valence-corrected chi connectivity index (χ2v) is 2.14. The van der Waals surface area contributed by atoms with Crippen LogP contribution in [0.25, 0.3) is 0 Å². The van der Waals surface area contributed by atoms with E-state index >= 15 is 0 Å². The largest absolute Gasteiger partial charge is 0.358 e. The standard InChI is InChI=1S/C5H7FN4O2/c6-3(2-7)4-1-5(9-8-4)10(11)12/h1,3H,2,7H2,(H,8,9). The van der Waals surface area contributed by atoms with Gasteiger partial charge >= 0.3 is 5.82 Å². The van der Waals surface area contributed by atoms with Crippen LogP contribution in [0.3, 0.4) is 0 Å². The van der Waals surface area contributed by atoms with E-state index in [0.717, 1.165) is 6.07 Å². The molecule has 12 heavy (non-hydrogen) atoms. The van der Waals surface area contributed by atoms with E-state index in [1.54, 1.807) is 0 Å². The highest BCUT2D eigenvalue weighted by molar-refractivity contribution is 5.22. The Labute approximate surface area is 66.7 Å². The van der Waals surface area contributed by atoms with E-state index in [2.05, 4.69) is 10.2 Å². The summed E-state index contributed by atoms with van der Waals surface area (Å²) in [5, 5.41) is 15.6. The molecule has 1 aromatic rings. The lowest BCUT2D eigenvalue weighted by molar-refractivity contribution is -0.389. The average Bonchev–Trinajstić information content (AvgIpc) is 2.51. The second-order valence-electron chi connectivity index (χ2n) is 2.14. The highest BCUT2D eigenvalue weighted by Gasteiger charge is 2.16. The van der Waals surface area contributed by atoms with Gasteiger partial charge < -0.3 is 15.8 Å². The van der Waals surface area contributed by atoms with Gasteiger partial charge in [0.25, 0.3) is 0 Å². The van der Waals surface area contributed by atoms with E-state index in [0.29, 0.717) is 0 Å². The van der Waals surface area contributed by atoms with Gasteiger partial charge in [-0.05, 0) is 4.92 Å². The number of nitrogens with one attached hydrogen (secondary N) is 1. The maximum atomic E-state index is 12.7. The average molecular weight is 174 g/mol. The molecule has 1 aromatic heterocycles. The van der Waals surface area contributed by atoms with Gasteiger partial charge in [0, 0.05) is 6.54 Å². The monoisotopic (exact) mass is 174 g/mol. The Hall–Kier alpha value is -1.50. The molecule has 0 saturated heterocycles. The van der Waals surface area contributed by atoms with Gasteiger partial charge in [-0.1, -0.05) is 5.10 Å². The maximum absolute atomic E-state index is 12.7. The summed E-state index contributed by atoms with van der Waals surface area (Å²) in [5.74, 6) is -0.332. The van der Waals surface area contributed by atoms with Crippen LogP contribution in [-0.2, 0) is 0 Å². The van der Waals surface area contributed by atoms with Crippen LogP contribution in [0.15, 0.2) is 6.07 Å². The molecule has 0 amide bonds. The Morgan fingerprint density at radius 2 is 2.58 bits per heavy atom. The predicted molar refractivity (Wildman–Crippen MR) is 38.1 cm³/mol. The van der Waals surface area contributed by atoms with Gasteiger partial charge in [-0.3, -0.25) is 0 Å². The normalized spacial score (nSPS) is 12.8. The lowest BCUT2D eigenvalue weighted by Crippen LogP contribution is -2.07. The van der Waals surface area contributed by atoms with E-state index in [4.69, 9.17) is 5.73 Å². The fourth-order valence-corrected chi connectivity index (χ4v) is 0.701. The van der Waals surface area contributed by atoms with Crippen LogP contribution in [0.2, 0.25) is 0 Å². The zero-order valence-electron chi connectivity index (χ0n) is 6.03. The van der Waals surface area contributed by atoms with Crippen molar-refractivity contribution >= 4 is 5.82 Å². The molecule has 7 heteroatoms. The zero-order valence-corrected chi connectivity index (χ0v) is 6.03. The summed E-state index contributed by atoms with van der Waals surface area (Å²) in [6.45, 7) is -0.234. The minimum absolute atomic E-state index is 0.0378. The summed E-state index contributed by atoms with van der Waals surface area (Å²) in [4.78, 5) is 9.42. The minimum Gasteiger partial charge on any atom is -0.358 e. The van der Waals surface area contributed by atoms with E-state index in [1.807, 2.05) is 0 Å². The van der Waals surface area contributed by atoms with Crippen molar-refractivity contribution in [2.75, 3.05) is 6.54 Å². The molecule has 6 nitrogen and oxygen atoms in total. The molecule has 1 rings (SSSR count). The first-order chi connectivity index (χ1) is 5.65. The van der Waals surface area contributed by atoms with Gasteiger partial charge in [-0.15, -0.1) is 5.10 Å². The van der Waals surface area contributed by atoms with Gasteiger partial charge in [-0.2, -0.15) is 0 Å². The van der Waals surface area contributed by atoms with Crippen LogP contribution in [0.5, 0.6) is 0 Å². The number of nitro groups is 1. The van der Waals surface area contributed by atoms with Gasteiger partial charge in [0.2, 0.25) is 0 Å². The van der Waals surface area contributed by atoms with Crippen molar-refractivity contribution < 1.29 is 9.31 Å². The third-order valence-electron chi connectivity index (χ3n) is 1.31. The molecule has 0 spiro atoms. The molecule has 0 aliphatic heterocycles. The number of rotatable bonds is 3. The number of aromatic nitrogens is 2. The summed E-state index contributed by atoms with van der Waals surface area (Å²) in [7, 11) is 0. The molecule has 0 aliphatic rings. The second kappa shape index (κ2) is 3.26. The Balaban J connectivity index is 2.84. The highest BCUT2D eigenvalue weighted by atomic mass is 19.1. The number of aromatic amines is 1. The quantitative estimate of drug-likeness (QED) is 0.508. The fourth-order valence-electron chi connectivity index (χ4n) is 0.701. The van der Waals surface area contributed by atoms with Crippen molar-refractivity contribution in [3.63, 3.8) is 0 Å². The molecule has 1 atom stereocenters. The summed E-state index contributed by atoms with van der Waals surface area (Å²) < 4.78 is 12.7. The van der Waals surface area contributed by atoms with Crippen molar-refractivity contribution in [2.24, 2.45) is 5.73 Å². The van der Waals surface area contributed by atoms with Crippen LogP contribution in [0, 0.1) is 10.1 Å². The van der Waals surface area contributed by atoms with Gasteiger partial charge in [-0.25, -0.2) is 4.39 Å². The van der Waals surface area contributed by atoms with Crippen LogP contribution in [0.4, 0.5) is 10.2 Å². The fraction of sp³-hybridized carbons (Fsp3) is 0.400. The summed E-state index contributed by atoms with van der Waals surface area (Å²) in [6, 6.07) is 1.03. The molecule has 0 aliphatic carbocycles. The van der Waals surface area contributed by atoms with Crippen LogP contribution >= 0.6 is 0 Å². The number of hydrogen-bond acceptors (Lipinski definition) is 4. The van der Waals surface area contributed by atoms with E-state index in [-0.39, 0.29) is 18.1 Å². The number of nitrogens with zero attached hydrogens (tertiary/aromatic N) is 2. The Bertz CT molecular complexity index is 287. The van der Waals surface area contributed by atoms with Crippen molar-refractivity contribution in [3.8, 4) is 0 Å². The lowest BCUT2D eigenvalue weighted by Gasteiger charge is -1.95. The van der Waals surface area contributed by atoms with Gasteiger partial charge in [0.1, 0.15) is 5.69 Å². The predicted octanol–water partition coefficient (Wildman–Crippen LogP) is 0.287. The van der Waals surface area contributed by atoms with Crippen molar-refractivity contribution in [1.82, 2.24) is 10.2 Å². The first-order valence-corrected chi connectivity index (χ1v) is 3.19.